The molecule has 0 fully saturated rings. The summed E-state index contributed by atoms with van der Waals surface area (Å²) in [5, 5.41) is 0. The molecule has 94 valence electrons. The van der Waals surface area contributed by atoms with Crippen molar-refractivity contribution in [2.45, 2.75) is 12.8 Å². The Bertz CT molecular complexity index is 402. The lowest BCUT2D eigenvalue weighted by Crippen LogP contribution is -2.28. The van der Waals surface area contributed by atoms with Gasteiger partial charge in [-0.2, -0.15) is 0 Å². The van der Waals surface area contributed by atoms with E-state index in [0.717, 1.165) is 0 Å². The van der Waals surface area contributed by atoms with E-state index in [1.807, 2.05) is 0 Å². The number of rotatable bonds is 5. The summed E-state index contributed by atoms with van der Waals surface area (Å²) in [5.41, 5.74) is 0.477. The maximum atomic E-state index is 11.9. The maximum Gasteiger partial charge on any atom is 0.305 e. The van der Waals surface area contributed by atoms with Crippen LogP contribution in [0.25, 0.3) is 0 Å². The molecule has 1 amide bonds. The van der Waals surface area contributed by atoms with Gasteiger partial charge in [0.2, 0.25) is 0 Å². The summed E-state index contributed by atoms with van der Waals surface area (Å²) in [6, 6.07) is 1.60. The van der Waals surface area contributed by atoms with Crippen LogP contribution in [0.1, 0.15) is 23.2 Å². The number of hydrogen-bond acceptors (Lipinski definition) is 4. The van der Waals surface area contributed by atoms with E-state index in [0.29, 0.717) is 29.6 Å². The van der Waals surface area contributed by atoms with Gasteiger partial charge >= 0.3 is 5.97 Å². The van der Waals surface area contributed by atoms with Gasteiger partial charge in [-0.25, -0.2) is 0 Å². The second-order valence-corrected chi connectivity index (χ2v) is 4.23. The van der Waals surface area contributed by atoms with E-state index >= 15 is 0 Å². The first-order valence-electron chi connectivity index (χ1n) is 5.11. The van der Waals surface area contributed by atoms with Crippen molar-refractivity contribution in [1.82, 2.24) is 4.90 Å². The molecule has 1 heterocycles. The number of hydrogen-bond donors (Lipinski definition) is 0. The summed E-state index contributed by atoms with van der Waals surface area (Å²) in [6.07, 6.45) is 2.32. The molecular formula is C11H14BrNO4. The number of furan rings is 1. The number of esters is 1. The van der Waals surface area contributed by atoms with Crippen LogP contribution in [0.4, 0.5) is 0 Å². The van der Waals surface area contributed by atoms with Crippen LogP contribution < -0.4 is 0 Å². The smallest absolute Gasteiger partial charge is 0.305 e. The highest BCUT2D eigenvalue weighted by molar-refractivity contribution is 9.10. The first kappa shape index (κ1) is 13.8. The second-order valence-electron chi connectivity index (χ2n) is 3.51. The summed E-state index contributed by atoms with van der Waals surface area (Å²) >= 11 is 3.15. The molecule has 1 rings (SSSR count). The lowest BCUT2D eigenvalue weighted by molar-refractivity contribution is -0.140. The fourth-order valence-electron chi connectivity index (χ4n) is 1.32. The van der Waals surface area contributed by atoms with Crippen molar-refractivity contribution in [3.8, 4) is 0 Å². The minimum absolute atomic E-state index is 0.143. The molecule has 1 aromatic heterocycles. The van der Waals surface area contributed by atoms with Gasteiger partial charge in [-0.1, -0.05) is 0 Å². The molecule has 0 aliphatic carbocycles. The number of methoxy groups -OCH3 is 1. The molecule has 0 saturated carbocycles. The zero-order valence-corrected chi connectivity index (χ0v) is 11.3. The van der Waals surface area contributed by atoms with Crippen LogP contribution in [-0.2, 0) is 9.53 Å². The minimum Gasteiger partial charge on any atom is -0.469 e. The van der Waals surface area contributed by atoms with E-state index in [1.165, 1.54) is 13.4 Å². The molecule has 0 radical (unpaired) electrons. The predicted molar refractivity (Wildman–Crippen MR) is 64.6 cm³/mol. The van der Waals surface area contributed by atoms with Gasteiger partial charge in [0.05, 0.1) is 18.9 Å². The lowest BCUT2D eigenvalue weighted by Gasteiger charge is -2.15. The SMILES string of the molecule is COC(=O)CCCN(C)C(=O)c1ccoc1Br. The standard InChI is InChI=1S/C11H14BrNO4/c1-13(6-3-4-9(14)16-2)11(15)8-5-7-17-10(8)12/h5,7H,3-4,6H2,1-2H3. The molecule has 17 heavy (non-hydrogen) atoms. The van der Waals surface area contributed by atoms with E-state index in [9.17, 15) is 9.59 Å². The number of amides is 1. The third-order valence-corrected chi connectivity index (χ3v) is 2.91. The van der Waals surface area contributed by atoms with Crippen LogP contribution in [0.5, 0.6) is 0 Å². The Balaban J connectivity index is 2.43. The second kappa shape index (κ2) is 6.44. The van der Waals surface area contributed by atoms with Crippen LogP contribution in [0.3, 0.4) is 0 Å². The van der Waals surface area contributed by atoms with Crippen molar-refractivity contribution in [2.24, 2.45) is 0 Å². The fraction of sp³-hybridized carbons (Fsp3) is 0.455. The first-order valence-corrected chi connectivity index (χ1v) is 5.91. The monoisotopic (exact) mass is 303 g/mol. The van der Waals surface area contributed by atoms with Gasteiger partial charge in [0, 0.05) is 20.0 Å². The Morgan fingerprint density at radius 1 is 1.53 bits per heavy atom. The van der Waals surface area contributed by atoms with Gasteiger partial charge < -0.3 is 14.1 Å². The molecule has 0 atom stereocenters. The highest BCUT2D eigenvalue weighted by atomic mass is 79.9. The zero-order valence-electron chi connectivity index (χ0n) is 9.73. The van der Waals surface area contributed by atoms with E-state index in [1.54, 1.807) is 18.0 Å². The average Bonchev–Trinajstić information content (AvgIpc) is 2.74. The van der Waals surface area contributed by atoms with Gasteiger partial charge in [0.15, 0.2) is 4.67 Å². The van der Waals surface area contributed by atoms with Crippen LogP contribution in [0.15, 0.2) is 21.4 Å². The average molecular weight is 304 g/mol. The van der Waals surface area contributed by atoms with E-state index in [-0.39, 0.29) is 11.9 Å². The van der Waals surface area contributed by atoms with Gasteiger partial charge in [-0.05, 0) is 28.4 Å². The van der Waals surface area contributed by atoms with Crippen LogP contribution in [0.2, 0.25) is 0 Å². The molecule has 0 aliphatic rings. The molecule has 0 bridgehead atoms. The van der Waals surface area contributed by atoms with Crippen molar-refractivity contribution in [1.29, 1.82) is 0 Å². The normalized spacial score (nSPS) is 10.1. The Labute approximate surface area is 108 Å². The predicted octanol–water partition coefficient (Wildman–Crippen LogP) is 2.07. The molecular weight excluding hydrogens is 290 g/mol. The summed E-state index contributed by atoms with van der Waals surface area (Å²) in [4.78, 5) is 24.3. The molecule has 0 aliphatic heterocycles. The third-order valence-electron chi connectivity index (χ3n) is 2.30. The molecule has 0 spiro atoms. The van der Waals surface area contributed by atoms with Crippen molar-refractivity contribution in [3.05, 3.63) is 22.6 Å². The zero-order chi connectivity index (χ0) is 12.8. The van der Waals surface area contributed by atoms with Crippen LogP contribution in [0, 0.1) is 0 Å². The van der Waals surface area contributed by atoms with Gasteiger partial charge in [0.1, 0.15) is 0 Å². The Kier molecular flexibility index (Phi) is 5.21. The molecule has 6 heteroatoms. The maximum absolute atomic E-state index is 11.9. The Hall–Kier alpha value is -1.30. The molecule has 0 saturated heterocycles. The highest BCUT2D eigenvalue weighted by Gasteiger charge is 2.16. The lowest BCUT2D eigenvalue weighted by atomic mass is 10.2. The number of halogens is 1. The van der Waals surface area contributed by atoms with Crippen molar-refractivity contribution >= 4 is 27.8 Å². The molecule has 0 N–H and O–H groups in total. The molecule has 0 aromatic carbocycles. The van der Waals surface area contributed by atoms with Gasteiger partial charge in [-0.3, -0.25) is 9.59 Å². The molecule has 1 aromatic rings. The largest absolute Gasteiger partial charge is 0.469 e. The van der Waals surface area contributed by atoms with E-state index < -0.39 is 0 Å². The minimum atomic E-state index is -0.268. The summed E-state index contributed by atoms with van der Waals surface area (Å²) in [6.45, 7) is 0.492. The van der Waals surface area contributed by atoms with Gasteiger partial charge in [-0.15, -0.1) is 0 Å². The summed E-state index contributed by atoms with van der Waals surface area (Å²) in [5.74, 6) is -0.411. The van der Waals surface area contributed by atoms with Crippen molar-refractivity contribution in [3.63, 3.8) is 0 Å². The van der Waals surface area contributed by atoms with Crippen molar-refractivity contribution in [2.75, 3.05) is 20.7 Å². The number of nitrogens with zero attached hydrogens (tertiary/aromatic N) is 1. The quantitative estimate of drug-likeness (QED) is 0.781. The van der Waals surface area contributed by atoms with Crippen LogP contribution in [-0.4, -0.2) is 37.5 Å². The van der Waals surface area contributed by atoms with E-state index in [2.05, 4.69) is 20.7 Å². The fourth-order valence-corrected chi connectivity index (χ4v) is 1.73. The number of carbonyl (C=O) groups excluding carboxylic acids is 2. The number of ether oxygens (including phenoxy) is 1. The Morgan fingerprint density at radius 2 is 2.24 bits per heavy atom. The highest BCUT2D eigenvalue weighted by Crippen LogP contribution is 2.19. The van der Waals surface area contributed by atoms with Crippen LogP contribution >= 0.6 is 15.9 Å². The summed E-state index contributed by atoms with van der Waals surface area (Å²) in [7, 11) is 3.03. The molecule has 5 nitrogen and oxygen atoms in total. The Morgan fingerprint density at radius 3 is 2.76 bits per heavy atom. The first-order chi connectivity index (χ1) is 8.06. The summed E-state index contributed by atoms with van der Waals surface area (Å²) < 4.78 is 9.93. The van der Waals surface area contributed by atoms with E-state index in [4.69, 9.17) is 4.42 Å². The molecule has 0 unspecified atom stereocenters. The topological polar surface area (TPSA) is 59.8 Å². The number of carbonyl (C=O) groups is 2. The van der Waals surface area contributed by atoms with Gasteiger partial charge in [0.25, 0.3) is 5.91 Å². The third kappa shape index (κ3) is 3.89. The van der Waals surface area contributed by atoms with Crippen molar-refractivity contribution < 1.29 is 18.7 Å².